The van der Waals surface area contributed by atoms with Gasteiger partial charge in [0.1, 0.15) is 0 Å². The third kappa shape index (κ3) is 2.79. The van der Waals surface area contributed by atoms with E-state index < -0.39 is 0 Å². The molecule has 0 unspecified atom stereocenters. The summed E-state index contributed by atoms with van der Waals surface area (Å²) in [7, 11) is 0. The number of pyridine rings is 1. The van der Waals surface area contributed by atoms with Crippen molar-refractivity contribution in [2.45, 2.75) is 45.1 Å². The van der Waals surface area contributed by atoms with Gasteiger partial charge >= 0.3 is 0 Å². The van der Waals surface area contributed by atoms with Crippen LogP contribution in [0.25, 0.3) is 0 Å². The minimum atomic E-state index is 0.0814. The molecule has 0 aliphatic heterocycles. The van der Waals surface area contributed by atoms with Crippen LogP contribution in [0.1, 0.15) is 53.3 Å². The van der Waals surface area contributed by atoms with Gasteiger partial charge in [0.2, 0.25) is 0 Å². The highest BCUT2D eigenvalue weighted by molar-refractivity contribution is 5.97. The lowest BCUT2D eigenvalue weighted by Gasteiger charge is -2.08. The fourth-order valence-corrected chi connectivity index (χ4v) is 2.82. The number of Topliss-reactive ketones (excluding diaryl/α,β-unsaturated/α-hetero) is 1. The topological polar surface area (TPSA) is 47.8 Å². The molecule has 0 spiro atoms. The zero-order valence-corrected chi connectivity index (χ0v) is 11.7. The number of rotatable bonds is 4. The Morgan fingerprint density at radius 1 is 1.35 bits per heavy atom. The summed E-state index contributed by atoms with van der Waals surface area (Å²) < 4.78 is 2.03. The zero-order valence-electron chi connectivity index (χ0n) is 11.7. The van der Waals surface area contributed by atoms with Crippen molar-refractivity contribution in [3.05, 3.63) is 47.5 Å². The van der Waals surface area contributed by atoms with Crippen molar-refractivity contribution in [2.75, 3.05) is 0 Å². The van der Waals surface area contributed by atoms with Crippen molar-refractivity contribution in [1.29, 1.82) is 0 Å². The Labute approximate surface area is 118 Å². The first kappa shape index (κ1) is 13.0. The summed E-state index contributed by atoms with van der Waals surface area (Å²) in [6.07, 6.45) is 10.7. The second-order valence-corrected chi connectivity index (χ2v) is 5.58. The summed E-state index contributed by atoms with van der Waals surface area (Å²) in [5, 5.41) is 4.56. The molecular weight excluding hydrogens is 250 g/mol. The maximum absolute atomic E-state index is 12.2. The molecule has 104 valence electrons. The van der Waals surface area contributed by atoms with Crippen LogP contribution in [0.2, 0.25) is 0 Å². The van der Waals surface area contributed by atoms with E-state index in [9.17, 15) is 4.79 Å². The average molecular weight is 269 g/mol. The van der Waals surface area contributed by atoms with Crippen LogP contribution in [-0.4, -0.2) is 20.5 Å². The molecule has 0 atom stereocenters. The lowest BCUT2D eigenvalue weighted by molar-refractivity contribution is 0.0991. The molecule has 0 bridgehead atoms. The van der Waals surface area contributed by atoms with Gasteiger partial charge in [-0.3, -0.25) is 14.5 Å². The number of carbonyl (C=O) groups excluding carboxylic acids is 1. The first-order valence-corrected chi connectivity index (χ1v) is 7.21. The molecular formula is C16H19N3O. The van der Waals surface area contributed by atoms with Crippen molar-refractivity contribution in [2.24, 2.45) is 0 Å². The Morgan fingerprint density at radius 3 is 2.90 bits per heavy atom. The first-order chi connectivity index (χ1) is 9.72. The molecule has 4 nitrogen and oxygen atoms in total. The molecule has 0 saturated heterocycles. The number of aromatic nitrogens is 3. The molecule has 0 N–H and O–H groups in total. The van der Waals surface area contributed by atoms with Crippen molar-refractivity contribution in [3.8, 4) is 0 Å². The van der Waals surface area contributed by atoms with Crippen molar-refractivity contribution in [1.82, 2.24) is 14.8 Å². The van der Waals surface area contributed by atoms with Crippen molar-refractivity contribution in [3.63, 3.8) is 0 Å². The van der Waals surface area contributed by atoms with Gasteiger partial charge in [0, 0.05) is 24.2 Å². The molecule has 0 radical (unpaired) electrons. The third-order valence-corrected chi connectivity index (χ3v) is 3.90. The Bertz CT molecular complexity index is 612. The molecule has 4 heteroatoms. The molecule has 1 aliphatic carbocycles. The second-order valence-electron chi connectivity index (χ2n) is 5.58. The monoisotopic (exact) mass is 269 g/mol. The fourth-order valence-electron chi connectivity index (χ4n) is 2.82. The lowest BCUT2D eigenvalue weighted by atomic mass is 10.1. The molecule has 1 fully saturated rings. The Kier molecular flexibility index (Phi) is 3.63. The minimum absolute atomic E-state index is 0.0814. The maximum Gasteiger partial charge on any atom is 0.170 e. The van der Waals surface area contributed by atoms with Crippen LogP contribution in [0.5, 0.6) is 0 Å². The van der Waals surface area contributed by atoms with E-state index in [4.69, 9.17) is 0 Å². The van der Waals surface area contributed by atoms with Gasteiger partial charge in [-0.1, -0.05) is 12.8 Å². The number of hydrogen-bond acceptors (Lipinski definition) is 3. The first-order valence-electron chi connectivity index (χ1n) is 7.21. The van der Waals surface area contributed by atoms with Gasteiger partial charge in [0.05, 0.1) is 18.2 Å². The average Bonchev–Trinajstić information content (AvgIpc) is 3.08. The van der Waals surface area contributed by atoms with Crippen molar-refractivity contribution >= 4 is 5.78 Å². The molecule has 2 heterocycles. The van der Waals surface area contributed by atoms with E-state index in [1.807, 2.05) is 29.9 Å². The second kappa shape index (κ2) is 5.57. The smallest absolute Gasteiger partial charge is 0.170 e. The van der Waals surface area contributed by atoms with E-state index in [0.29, 0.717) is 18.0 Å². The number of hydrogen-bond donors (Lipinski definition) is 0. The van der Waals surface area contributed by atoms with Crippen LogP contribution in [0.4, 0.5) is 0 Å². The normalized spacial score (nSPS) is 15.7. The Balaban J connectivity index is 1.70. The zero-order chi connectivity index (χ0) is 13.9. The van der Waals surface area contributed by atoms with Gasteiger partial charge in [-0.05, 0) is 37.5 Å². The van der Waals surface area contributed by atoms with Crippen LogP contribution in [0.15, 0.2) is 30.7 Å². The van der Waals surface area contributed by atoms with Crippen LogP contribution in [0, 0.1) is 6.92 Å². The molecule has 2 aromatic heterocycles. The molecule has 1 saturated carbocycles. The van der Waals surface area contributed by atoms with Gasteiger partial charge in [0.15, 0.2) is 5.78 Å². The Morgan fingerprint density at radius 2 is 2.15 bits per heavy atom. The van der Waals surface area contributed by atoms with Crippen LogP contribution >= 0.6 is 0 Å². The van der Waals surface area contributed by atoms with Crippen LogP contribution in [0.3, 0.4) is 0 Å². The predicted octanol–water partition coefficient (Wildman–Crippen LogP) is 3.13. The molecule has 3 rings (SSSR count). The predicted molar refractivity (Wildman–Crippen MR) is 76.7 cm³/mol. The van der Waals surface area contributed by atoms with E-state index in [1.165, 1.54) is 25.7 Å². The summed E-state index contributed by atoms with van der Waals surface area (Å²) in [6.45, 7) is 1.94. The van der Waals surface area contributed by atoms with Gasteiger partial charge < -0.3 is 0 Å². The highest BCUT2D eigenvalue weighted by Gasteiger charge is 2.18. The SMILES string of the molecule is Cc1cncc(C(=O)Cc2ccn(C3CCCC3)n2)c1. The minimum Gasteiger partial charge on any atom is -0.294 e. The van der Waals surface area contributed by atoms with E-state index in [-0.39, 0.29) is 5.78 Å². The highest BCUT2D eigenvalue weighted by atomic mass is 16.1. The van der Waals surface area contributed by atoms with E-state index in [2.05, 4.69) is 10.1 Å². The number of carbonyl (C=O) groups is 1. The third-order valence-electron chi connectivity index (χ3n) is 3.90. The highest BCUT2D eigenvalue weighted by Crippen LogP contribution is 2.28. The van der Waals surface area contributed by atoms with E-state index in [0.717, 1.165) is 11.3 Å². The summed E-state index contributed by atoms with van der Waals surface area (Å²) in [6, 6.07) is 4.36. The number of nitrogens with zero attached hydrogens (tertiary/aromatic N) is 3. The maximum atomic E-state index is 12.2. The molecule has 1 aliphatic rings. The molecule has 0 aromatic carbocycles. The molecule has 0 amide bonds. The Hall–Kier alpha value is -1.97. The summed E-state index contributed by atoms with van der Waals surface area (Å²) in [5.74, 6) is 0.0814. The summed E-state index contributed by atoms with van der Waals surface area (Å²) in [4.78, 5) is 16.3. The quantitative estimate of drug-likeness (QED) is 0.801. The van der Waals surface area contributed by atoms with Gasteiger partial charge in [-0.2, -0.15) is 5.10 Å². The largest absolute Gasteiger partial charge is 0.294 e. The van der Waals surface area contributed by atoms with Crippen molar-refractivity contribution < 1.29 is 4.79 Å². The summed E-state index contributed by atoms with van der Waals surface area (Å²) >= 11 is 0. The molecule has 2 aromatic rings. The van der Waals surface area contributed by atoms with Gasteiger partial charge in [-0.15, -0.1) is 0 Å². The molecule has 20 heavy (non-hydrogen) atoms. The van der Waals surface area contributed by atoms with Gasteiger partial charge in [0.25, 0.3) is 0 Å². The lowest BCUT2D eigenvalue weighted by Crippen LogP contribution is -2.08. The number of aryl methyl sites for hydroxylation is 1. The van der Waals surface area contributed by atoms with Gasteiger partial charge in [-0.25, -0.2) is 0 Å². The standard InChI is InChI=1S/C16H19N3O/c1-12-8-13(11-17-10-12)16(20)9-14-6-7-19(18-14)15-4-2-3-5-15/h6-8,10-11,15H,2-5,9H2,1H3. The fraction of sp³-hybridized carbons (Fsp3) is 0.438. The van der Waals surface area contributed by atoms with Crippen LogP contribution < -0.4 is 0 Å². The van der Waals surface area contributed by atoms with E-state index >= 15 is 0 Å². The van der Waals surface area contributed by atoms with E-state index in [1.54, 1.807) is 12.4 Å². The number of ketones is 1. The summed E-state index contributed by atoms with van der Waals surface area (Å²) in [5.41, 5.74) is 2.52. The van der Waals surface area contributed by atoms with Crippen LogP contribution in [-0.2, 0) is 6.42 Å².